The molecule has 0 aliphatic carbocycles. The molecule has 1 fully saturated rings. The molecule has 0 unspecified atom stereocenters. The Labute approximate surface area is 175 Å². The highest BCUT2D eigenvalue weighted by molar-refractivity contribution is 5.86. The molecule has 0 bridgehead atoms. The van der Waals surface area contributed by atoms with Gasteiger partial charge in [0, 0.05) is 25.7 Å². The lowest BCUT2D eigenvalue weighted by Gasteiger charge is -2.28. The normalized spacial score (nSPS) is 14.4. The first-order valence-electron chi connectivity index (χ1n) is 10.1. The molecule has 0 atom stereocenters. The lowest BCUT2D eigenvalue weighted by atomic mass is 10.1. The van der Waals surface area contributed by atoms with Crippen LogP contribution in [0.15, 0.2) is 53.6 Å². The van der Waals surface area contributed by atoms with Crippen molar-refractivity contribution in [2.24, 2.45) is 5.10 Å². The first-order chi connectivity index (χ1) is 14.8. The topological polar surface area (TPSA) is 83.9 Å². The molecule has 0 radical (unpaired) electrons. The van der Waals surface area contributed by atoms with Crippen molar-refractivity contribution in [2.75, 3.05) is 56.8 Å². The Bertz CT molecular complexity index is 1000. The van der Waals surface area contributed by atoms with Crippen LogP contribution in [0.1, 0.15) is 5.69 Å². The van der Waals surface area contributed by atoms with Crippen LogP contribution in [0.4, 0.5) is 11.5 Å². The van der Waals surface area contributed by atoms with Crippen molar-refractivity contribution in [1.29, 1.82) is 0 Å². The quantitative estimate of drug-likeness (QED) is 0.338. The van der Waals surface area contributed by atoms with Gasteiger partial charge in [-0.2, -0.15) is 15.1 Å². The predicted molar refractivity (Wildman–Crippen MR) is 120 cm³/mol. The van der Waals surface area contributed by atoms with Crippen molar-refractivity contribution in [3.05, 3.63) is 54.2 Å². The molecule has 156 valence electrons. The molecule has 0 amide bonds. The third kappa shape index (κ3) is 5.22. The van der Waals surface area contributed by atoms with Gasteiger partial charge in [-0.25, -0.2) is 0 Å². The number of benzene rings is 2. The van der Waals surface area contributed by atoms with E-state index in [9.17, 15) is 0 Å². The molecule has 3 aromatic rings. The molecule has 4 rings (SSSR count). The fourth-order valence-corrected chi connectivity index (χ4v) is 3.19. The number of aromatic nitrogens is 2. The average Bonchev–Trinajstić information content (AvgIpc) is 2.80. The van der Waals surface area contributed by atoms with Crippen LogP contribution < -0.4 is 20.4 Å². The Hall–Kier alpha value is -3.23. The van der Waals surface area contributed by atoms with E-state index in [0.29, 0.717) is 31.5 Å². The van der Waals surface area contributed by atoms with Crippen molar-refractivity contribution in [3.8, 4) is 6.01 Å². The van der Waals surface area contributed by atoms with Crippen molar-refractivity contribution < 1.29 is 9.47 Å². The number of ether oxygens (including phenoxy) is 2. The number of nitrogens with one attached hydrogen (secondary N) is 2. The van der Waals surface area contributed by atoms with Crippen LogP contribution >= 0.6 is 0 Å². The van der Waals surface area contributed by atoms with E-state index in [1.807, 2.05) is 31.3 Å². The minimum Gasteiger partial charge on any atom is -0.462 e. The molecule has 2 heterocycles. The van der Waals surface area contributed by atoms with E-state index in [0.717, 1.165) is 36.5 Å². The molecule has 0 saturated carbocycles. The number of fused-ring (bicyclic) bond motifs is 1. The number of likely N-dealkylation sites (N-methyl/N-ethyl adjacent to an activating group) is 1. The lowest BCUT2D eigenvalue weighted by molar-refractivity contribution is 0.122. The summed E-state index contributed by atoms with van der Waals surface area (Å²) in [4.78, 5) is 11.2. The standard InChI is InChI=1S/C22H26N6O2/c1-23-8-11-30-22-25-20(15-21(26-22)28-9-12-29-13-10-28)16-24-27-19-7-6-17-4-2-3-5-18(17)14-19/h2-7,14-16,23,27H,8-13H2,1H3. The molecule has 8 heteroatoms. The number of hydrazone groups is 1. The molecule has 30 heavy (non-hydrogen) atoms. The molecular weight excluding hydrogens is 380 g/mol. The molecule has 0 spiro atoms. The second kappa shape index (κ2) is 10.00. The maximum atomic E-state index is 5.71. The van der Waals surface area contributed by atoms with Crippen molar-refractivity contribution >= 4 is 28.5 Å². The summed E-state index contributed by atoms with van der Waals surface area (Å²) in [5.41, 5.74) is 4.68. The predicted octanol–water partition coefficient (Wildman–Crippen LogP) is 2.51. The van der Waals surface area contributed by atoms with Gasteiger partial charge >= 0.3 is 6.01 Å². The minimum atomic E-state index is 0.349. The third-order valence-electron chi connectivity index (χ3n) is 4.77. The van der Waals surface area contributed by atoms with Gasteiger partial charge in [0.15, 0.2) is 0 Å². The Kier molecular flexibility index (Phi) is 6.68. The van der Waals surface area contributed by atoms with Gasteiger partial charge in [0.1, 0.15) is 12.4 Å². The SMILES string of the molecule is CNCCOc1nc(C=NNc2ccc3ccccc3c2)cc(N2CCOCC2)n1. The van der Waals surface area contributed by atoms with E-state index < -0.39 is 0 Å². The molecule has 2 aromatic carbocycles. The zero-order valence-electron chi connectivity index (χ0n) is 17.0. The molecular formula is C22H26N6O2. The smallest absolute Gasteiger partial charge is 0.319 e. The maximum Gasteiger partial charge on any atom is 0.319 e. The molecule has 8 nitrogen and oxygen atoms in total. The third-order valence-corrected chi connectivity index (χ3v) is 4.77. The second-order valence-electron chi connectivity index (χ2n) is 6.92. The Morgan fingerprint density at radius 3 is 2.77 bits per heavy atom. The Morgan fingerprint density at radius 1 is 1.10 bits per heavy atom. The van der Waals surface area contributed by atoms with Gasteiger partial charge in [0.25, 0.3) is 0 Å². The van der Waals surface area contributed by atoms with Crippen LogP contribution in [0.2, 0.25) is 0 Å². The van der Waals surface area contributed by atoms with Gasteiger partial charge < -0.3 is 19.7 Å². The number of hydrogen-bond acceptors (Lipinski definition) is 8. The molecule has 1 aliphatic heterocycles. The van der Waals surface area contributed by atoms with Crippen LogP contribution in [-0.2, 0) is 4.74 Å². The summed E-state index contributed by atoms with van der Waals surface area (Å²) in [5, 5.41) is 9.78. The fourth-order valence-electron chi connectivity index (χ4n) is 3.19. The highest BCUT2D eigenvalue weighted by atomic mass is 16.5. The van der Waals surface area contributed by atoms with Crippen LogP contribution in [0.25, 0.3) is 10.8 Å². The van der Waals surface area contributed by atoms with Crippen LogP contribution in [0, 0.1) is 0 Å². The van der Waals surface area contributed by atoms with Crippen LogP contribution in [0.3, 0.4) is 0 Å². The Morgan fingerprint density at radius 2 is 1.93 bits per heavy atom. The minimum absolute atomic E-state index is 0.349. The lowest BCUT2D eigenvalue weighted by Crippen LogP contribution is -2.37. The van der Waals surface area contributed by atoms with E-state index in [2.05, 4.69) is 55.0 Å². The van der Waals surface area contributed by atoms with Gasteiger partial charge in [0.05, 0.1) is 30.8 Å². The van der Waals surface area contributed by atoms with Gasteiger partial charge in [-0.05, 0) is 30.0 Å². The maximum absolute atomic E-state index is 5.71. The number of anilines is 2. The van der Waals surface area contributed by atoms with Crippen molar-refractivity contribution in [1.82, 2.24) is 15.3 Å². The van der Waals surface area contributed by atoms with Crippen LogP contribution in [-0.4, -0.2) is 62.7 Å². The van der Waals surface area contributed by atoms with Crippen molar-refractivity contribution in [3.63, 3.8) is 0 Å². The summed E-state index contributed by atoms with van der Waals surface area (Å²) >= 11 is 0. The summed E-state index contributed by atoms with van der Waals surface area (Å²) in [6, 6.07) is 16.6. The van der Waals surface area contributed by atoms with Gasteiger partial charge in [-0.15, -0.1) is 0 Å². The zero-order valence-corrected chi connectivity index (χ0v) is 17.0. The first-order valence-corrected chi connectivity index (χ1v) is 10.1. The monoisotopic (exact) mass is 406 g/mol. The fraction of sp³-hybridized carbons (Fsp3) is 0.318. The van der Waals surface area contributed by atoms with E-state index in [1.165, 1.54) is 5.39 Å². The molecule has 1 aliphatic rings. The summed E-state index contributed by atoms with van der Waals surface area (Å²) < 4.78 is 11.2. The number of hydrogen-bond donors (Lipinski definition) is 2. The van der Waals surface area contributed by atoms with Crippen LogP contribution in [0.5, 0.6) is 6.01 Å². The average molecular weight is 406 g/mol. The highest BCUT2D eigenvalue weighted by Gasteiger charge is 2.15. The zero-order chi connectivity index (χ0) is 20.6. The number of rotatable bonds is 8. The second-order valence-corrected chi connectivity index (χ2v) is 6.92. The van der Waals surface area contributed by atoms with Gasteiger partial charge in [-0.1, -0.05) is 30.3 Å². The van der Waals surface area contributed by atoms with E-state index in [-0.39, 0.29) is 0 Å². The van der Waals surface area contributed by atoms with Crippen molar-refractivity contribution in [2.45, 2.75) is 0 Å². The Balaban J connectivity index is 1.50. The molecule has 1 aromatic heterocycles. The van der Waals surface area contributed by atoms with E-state index in [4.69, 9.17) is 9.47 Å². The first kappa shape index (κ1) is 20.1. The summed E-state index contributed by atoms with van der Waals surface area (Å²) in [5.74, 6) is 0.819. The molecule has 1 saturated heterocycles. The number of morpholine rings is 1. The summed E-state index contributed by atoms with van der Waals surface area (Å²) in [7, 11) is 1.88. The summed E-state index contributed by atoms with van der Waals surface area (Å²) in [6.45, 7) is 4.17. The van der Waals surface area contributed by atoms with Gasteiger partial charge in [0.2, 0.25) is 0 Å². The summed E-state index contributed by atoms with van der Waals surface area (Å²) in [6.07, 6.45) is 1.69. The number of nitrogens with zero attached hydrogens (tertiary/aromatic N) is 4. The van der Waals surface area contributed by atoms with Gasteiger partial charge in [-0.3, -0.25) is 5.43 Å². The highest BCUT2D eigenvalue weighted by Crippen LogP contribution is 2.19. The van der Waals surface area contributed by atoms with E-state index >= 15 is 0 Å². The van der Waals surface area contributed by atoms with E-state index in [1.54, 1.807) is 6.21 Å². The molecule has 2 N–H and O–H groups in total. The largest absolute Gasteiger partial charge is 0.462 e.